The predicted octanol–water partition coefficient (Wildman–Crippen LogP) is 2.19. The first-order chi connectivity index (χ1) is 9.59. The lowest BCUT2D eigenvalue weighted by Gasteiger charge is -2.27. The lowest BCUT2D eigenvalue weighted by Crippen LogP contribution is -2.34. The second kappa shape index (κ2) is 10.2. The van der Waals surface area contributed by atoms with E-state index in [2.05, 4.69) is 31.4 Å². The van der Waals surface area contributed by atoms with Crippen LogP contribution in [0.5, 0.6) is 0 Å². The highest BCUT2D eigenvalue weighted by atomic mass is 16.5. The fourth-order valence-electron chi connectivity index (χ4n) is 2.63. The summed E-state index contributed by atoms with van der Waals surface area (Å²) in [6.07, 6.45) is 4.14. The van der Waals surface area contributed by atoms with Crippen molar-refractivity contribution >= 4 is 5.91 Å². The molecule has 1 saturated heterocycles. The van der Waals surface area contributed by atoms with Crippen LogP contribution < -0.4 is 10.6 Å². The van der Waals surface area contributed by atoms with E-state index in [0.717, 1.165) is 26.1 Å². The Morgan fingerprint density at radius 3 is 2.60 bits per heavy atom. The molecule has 1 unspecified atom stereocenters. The quantitative estimate of drug-likeness (QED) is 0.638. The van der Waals surface area contributed by atoms with Crippen LogP contribution >= 0.6 is 0 Å². The van der Waals surface area contributed by atoms with E-state index in [9.17, 15) is 4.79 Å². The zero-order valence-corrected chi connectivity index (χ0v) is 13.4. The Labute approximate surface area is 124 Å². The first-order valence-corrected chi connectivity index (χ1v) is 8.14. The topological polar surface area (TPSA) is 50.4 Å². The molecular weight excluding hydrogens is 252 g/mol. The molecule has 4 nitrogen and oxygen atoms in total. The molecule has 1 atom stereocenters. The van der Waals surface area contributed by atoms with E-state index in [1.54, 1.807) is 0 Å². The summed E-state index contributed by atoms with van der Waals surface area (Å²) in [5, 5.41) is 6.33. The monoisotopic (exact) mass is 284 g/mol. The van der Waals surface area contributed by atoms with E-state index in [4.69, 9.17) is 4.74 Å². The summed E-state index contributed by atoms with van der Waals surface area (Å²) in [6, 6.07) is 0. The van der Waals surface area contributed by atoms with Gasteiger partial charge in [0.2, 0.25) is 5.91 Å². The van der Waals surface area contributed by atoms with Crippen molar-refractivity contribution in [3.05, 3.63) is 0 Å². The van der Waals surface area contributed by atoms with E-state index in [0.29, 0.717) is 37.3 Å². The minimum atomic E-state index is 0.170. The van der Waals surface area contributed by atoms with Crippen LogP contribution in [0.25, 0.3) is 0 Å². The smallest absolute Gasteiger partial charge is 0.220 e. The maximum Gasteiger partial charge on any atom is 0.220 e. The van der Waals surface area contributed by atoms with Gasteiger partial charge in [-0.25, -0.2) is 0 Å². The molecular formula is C16H32N2O2. The molecule has 2 N–H and O–H groups in total. The fraction of sp³-hybridized carbons (Fsp3) is 0.938. The number of piperidine rings is 1. The number of hydrogen-bond donors (Lipinski definition) is 2. The number of rotatable bonds is 9. The number of carbonyl (C=O) groups is 1. The highest BCUT2D eigenvalue weighted by molar-refractivity contribution is 5.76. The van der Waals surface area contributed by atoms with Crippen LogP contribution in [0.3, 0.4) is 0 Å². The zero-order valence-electron chi connectivity index (χ0n) is 13.4. The van der Waals surface area contributed by atoms with Crippen LogP contribution in [0.4, 0.5) is 0 Å². The highest BCUT2D eigenvalue weighted by Gasteiger charge is 2.21. The molecule has 0 aromatic rings. The molecule has 1 amide bonds. The van der Waals surface area contributed by atoms with Gasteiger partial charge in [0.25, 0.3) is 0 Å². The second-order valence-electron chi connectivity index (χ2n) is 6.41. The molecule has 4 heteroatoms. The van der Waals surface area contributed by atoms with Crippen LogP contribution in [-0.2, 0) is 9.53 Å². The maximum absolute atomic E-state index is 11.9. The Bertz CT molecular complexity index is 263. The molecule has 0 radical (unpaired) electrons. The molecule has 1 aliphatic heterocycles. The van der Waals surface area contributed by atoms with E-state index in [1.807, 2.05) is 0 Å². The van der Waals surface area contributed by atoms with Crippen molar-refractivity contribution in [1.82, 2.24) is 10.6 Å². The molecule has 1 rings (SSSR count). The third kappa shape index (κ3) is 7.85. The molecule has 0 aromatic carbocycles. The average Bonchev–Trinajstić information content (AvgIpc) is 2.43. The molecule has 0 aromatic heterocycles. The van der Waals surface area contributed by atoms with Crippen LogP contribution in [0.2, 0.25) is 0 Å². The van der Waals surface area contributed by atoms with Crippen molar-refractivity contribution in [1.29, 1.82) is 0 Å². The Morgan fingerprint density at radius 1 is 1.25 bits per heavy atom. The number of hydrogen-bond acceptors (Lipinski definition) is 3. The number of carbonyl (C=O) groups excluding carboxylic acids is 1. The molecule has 1 heterocycles. The van der Waals surface area contributed by atoms with E-state index in [-0.39, 0.29) is 5.91 Å². The van der Waals surface area contributed by atoms with Gasteiger partial charge < -0.3 is 15.4 Å². The largest absolute Gasteiger partial charge is 0.380 e. The van der Waals surface area contributed by atoms with Gasteiger partial charge in [-0.3, -0.25) is 4.79 Å². The number of ether oxygens (including phenoxy) is 1. The maximum atomic E-state index is 11.9. The zero-order chi connectivity index (χ0) is 14.8. The van der Waals surface area contributed by atoms with Gasteiger partial charge in [0, 0.05) is 19.6 Å². The Morgan fingerprint density at radius 2 is 1.95 bits per heavy atom. The lowest BCUT2D eigenvalue weighted by atomic mass is 9.84. The highest BCUT2D eigenvalue weighted by Crippen LogP contribution is 2.23. The van der Waals surface area contributed by atoms with Gasteiger partial charge in [-0.1, -0.05) is 20.8 Å². The molecule has 1 aliphatic rings. The fourth-order valence-corrected chi connectivity index (χ4v) is 2.63. The predicted molar refractivity (Wildman–Crippen MR) is 82.7 cm³/mol. The first-order valence-electron chi connectivity index (χ1n) is 8.14. The Balaban J connectivity index is 2.01. The molecule has 118 valence electrons. The third-order valence-corrected chi connectivity index (χ3v) is 4.10. The Kier molecular flexibility index (Phi) is 8.86. The minimum Gasteiger partial charge on any atom is -0.380 e. The molecule has 0 saturated carbocycles. The van der Waals surface area contributed by atoms with Crippen LogP contribution in [0, 0.1) is 17.8 Å². The Hall–Kier alpha value is -0.610. The summed E-state index contributed by atoms with van der Waals surface area (Å²) in [7, 11) is 0. The molecule has 20 heavy (non-hydrogen) atoms. The number of nitrogens with one attached hydrogen (secondary N) is 2. The van der Waals surface area contributed by atoms with Gasteiger partial charge in [0.15, 0.2) is 0 Å². The molecule has 1 fully saturated rings. The van der Waals surface area contributed by atoms with Gasteiger partial charge in [-0.2, -0.15) is 0 Å². The van der Waals surface area contributed by atoms with Crippen LogP contribution in [-0.4, -0.2) is 38.8 Å². The summed E-state index contributed by atoms with van der Waals surface area (Å²) in [4.78, 5) is 11.9. The third-order valence-electron chi connectivity index (χ3n) is 4.10. The summed E-state index contributed by atoms with van der Waals surface area (Å²) in [5.41, 5.74) is 0. The van der Waals surface area contributed by atoms with Crippen molar-refractivity contribution in [3.8, 4) is 0 Å². The van der Waals surface area contributed by atoms with Gasteiger partial charge in [-0.15, -0.1) is 0 Å². The van der Waals surface area contributed by atoms with Crippen molar-refractivity contribution in [2.45, 2.75) is 46.5 Å². The van der Waals surface area contributed by atoms with Crippen molar-refractivity contribution in [2.75, 3.05) is 32.8 Å². The lowest BCUT2D eigenvalue weighted by molar-refractivity contribution is -0.122. The van der Waals surface area contributed by atoms with Gasteiger partial charge in [0.1, 0.15) is 0 Å². The van der Waals surface area contributed by atoms with Crippen LogP contribution in [0.15, 0.2) is 0 Å². The van der Waals surface area contributed by atoms with Gasteiger partial charge in [-0.05, 0) is 50.1 Å². The molecule has 0 aliphatic carbocycles. The minimum absolute atomic E-state index is 0.170. The summed E-state index contributed by atoms with van der Waals surface area (Å²) in [6.45, 7) is 10.8. The average molecular weight is 284 g/mol. The standard InChI is InChI=1S/C16H32N2O2/c1-13(2)6-10-20-11-9-18-16(19)12-14(3)15-4-7-17-8-5-15/h13-15,17H,4-12H2,1-3H3,(H,18,19). The second-order valence-corrected chi connectivity index (χ2v) is 6.41. The first kappa shape index (κ1) is 17.4. The molecule has 0 bridgehead atoms. The van der Waals surface area contributed by atoms with Crippen molar-refractivity contribution in [3.63, 3.8) is 0 Å². The molecule has 0 spiro atoms. The number of amides is 1. The van der Waals surface area contributed by atoms with Crippen LogP contribution in [0.1, 0.15) is 46.5 Å². The SMILES string of the molecule is CC(C)CCOCCNC(=O)CC(C)C1CCNCC1. The van der Waals surface area contributed by atoms with E-state index in [1.165, 1.54) is 12.8 Å². The van der Waals surface area contributed by atoms with Crippen molar-refractivity contribution in [2.24, 2.45) is 17.8 Å². The van der Waals surface area contributed by atoms with Crippen molar-refractivity contribution < 1.29 is 9.53 Å². The van der Waals surface area contributed by atoms with Gasteiger partial charge in [0.05, 0.1) is 6.61 Å². The summed E-state index contributed by atoms with van der Waals surface area (Å²) < 4.78 is 5.49. The van der Waals surface area contributed by atoms with Gasteiger partial charge >= 0.3 is 0 Å². The van der Waals surface area contributed by atoms with E-state index < -0.39 is 0 Å². The normalized spacial score (nSPS) is 18.2. The summed E-state index contributed by atoms with van der Waals surface area (Å²) >= 11 is 0. The van der Waals surface area contributed by atoms with E-state index >= 15 is 0 Å². The summed E-state index contributed by atoms with van der Waals surface area (Å²) in [5.74, 6) is 2.03.